The molecule has 3 rings (SSSR count). The van der Waals surface area contributed by atoms with Crippen molar-refractivity contribution >= 4 is 11.6 Å². The van der Waals surface area contributed by atoms with Gasteiger partial charge in [0.2, 0.25) is 11.7 Å². The maximum absolute atomic E-state index is 13.7. The van der Waals surface area contributed by atoms with E-state index in [9.17, 15) is 18.0 Å². The molecule has 0 atom stereocenters. The van der Waals surface area contributed by atoms with Crippen molar-refractivity contribution < 1.29 is 17.9 Å². The summed E-state index contributed by atoms with van der Waals surface area (Å²) < 4.78 is 47.1. The SMILES string of the molecule is CCc1cc(C)cc(Nc2nc(=O)c(OC)cn2Cc2cc(F)c(F)c(F)c2)c1C. The van der Waals surface area contributed by atoms with E-state index in [1.165, 1.54) is 17.9 Å². The van der Waals surface area contributed by atoms with Crippen LogP contribution >= 0.6 is 0 Å². The number of benzene rings is 2. The lowest BCUT2D eigenvalue weighted by molar-refractivity contribution is 0.402. The molecule has 0 spiro atoms. The van der Waals surface area contributed by atoms with Gasteiger partial charge in [0, 0.05) is 5.69 Å². The van der Waals surface area contributed by atoms with Crippen molar-refractivity contribution in [2.45, 2.75) is 33.7 Å². The molecule has 1 N–H and O–H groups in total. The minimum atomic E-state index is -1.53. The van der Waals surface area contributed by atoms with Crippen LogP contribution in [0.15, 0.2) is 35.3 Å². The Morgan fingerprint density at radius 1 is 1.10 bits per heavy atom. The Labute approximate surface area is 172 Å². The van der Waals surface area contributed by atoms with Gasteiger partial charge in [-0.3, -0.25) is 4.79 Å². The molecule has 158 valence electrons. The molecule has 0 fully saturated rings. The van der Waals surface area contributed by atoms with Gasteiger partial charge < -0.3 is 14.6 Å². The number of nitrogens with one attached hydrogen (secondary N) is 1. The van der Waals surface area contributed by atoms with Crippen LogP contribution in [0, 0.1) is 31.3 Å². The number of rotatable bonds is 6. The number of aryl methyl sites for hydroxylation is 2. The third-order valence-electron chi connectivity index (χ3n) is 4.87. The summed E-state index contributed by atoms with van der Waals surface area (Å²) in [6.45, 7) is 5.90. The molecule has 1 heterocycles. The summed E-state index contributed by atoms with van der Waals surface area (Å²) in [4.78, 5) is 16.3. The molecule has 0 amide bonds. The van der Waals surface area contributed by atoms with Gasteiger partial charge in [-0.25, -0.2) is 13.2 Å². The zero-order chi connectivity index (χ0) is 22.0. The van der Waals surface area contributed by atoms with E-state index in [-0.39, 0.29) is 23.8 Å². The molecular formula is C22H22F3N3O2. The predicted octanol–water partition coefficient (Wildman–Crippen LogP) is 4.64. The van der Waals surface area contributed by atoms with Crippen LogP contribution < -0.4 is 15.6 Å². The molecule has 0 saturated heterocycles. The van der Waals surface area contributed by atoms with Crippen LogP contribution in [0.4, 0.5) is 24.8 Å². The standard InChI is InChI=1S/C22H22F3N3O2/c1-5-15-6-12(2)7-18(13(15)3)26-22-27-21(29)19(30-4)11-28(22)10-14-8-16(23)20(25)17(24)9-14/h6-9,11H,5,10H2,1-4H3,(H,26,27,29). The number of methoxy groups -OCH3 is 1. The Kier molecular flexibility index (Phi) is 6.14. The van der Waals surface area contributed by atoms with E-state index in [2.05, 4.69) is 16.4 Å². The zero-order valence-electron chi connectivity index (χ0n) is 17.1. The van der Waals surface area contributed by atoms with Crippen LogP contribution in [0.2, 0.25) is 0 Å². The second kappa shape index (κ2) is 8.61. The Bertz CT molecular complexity index is 1140. The van der Waals surface area contributed by atoms with Crippen LogP contribution in [0.3, 0.4) is 0 Å². The van der Waals surface area contributed by atoms with E-state index in [0.717, 1.165) is 40.9 Å². The lowest BCUT2D eigenvalue weighted by Gasteiger charge is -2.18. The number of halogens is 3. The first-order valence-electron chi connectivity index (χ1n) is 9.39. The summed E-state index contributed by atoms with van der Waals surface area (Å²) in [7, 11) is 1.32. The minimum absolute atomic E-state index is 0.0289. The largest absolute Gasteiger partial charge is 0.490 e. The number of ether oxygens (including phenoxy) is 1. The van der Waals surface area contributed by atoms with Crippen molar-refractivity contribution in [3.05, 3.63) is 80.5 Å². The highest BCUT2D eigenvalue weighted by molar-refractivity contribution is 5.62. The Hall–Kier alpha value is -3.29. The van der Waals surface area contributed by atoms with E-state index in [1.807, 2.05) is 26.8 Å². The molecule has 0 aliphatic rings. The normalized spacial score (nSPS) is 10.9. The monoisotopic (exact) mass is 417 g/mol. The van der Waals surface area contributed by atoms with E-state index in [1.54, 1.807) is 0 Å². The Balaban J connectivity index is 2.08. The average molecular weight is 417 g/mol. The van der Waals surface area contributed by atoms with Crippen molar-refractivity contribution in [2.75, 3.05) is 12.4 Å². The highest BCUT2D eigenvalue weighted by Crippen LogP contribution is 2.26. The molecule has 2 aromatic carbocycles. The summed E-state index contributed by atoms with van der Waals surface area (Å²) in [5, 5.41) is 3.14. The van der Waals surface area contributed by atoms with Crippen molar-refractivity contribution in [2.24, 2.45) is 0 Å². The summed E-state index contributed by atoms with van der Waals surface area (Å²) in [6.07, 6.45) is 2.22. The van der Waals surface area contributed by atoms with Gasteiger partial charge in [0.1, 0.15) is 0 Å². The summed E-state index contributed by atoms with van der Waals surface area (Å²) in [6, 6.07) is 5.81. The first kappa shape index (κ1) is 21.4. The van der Waals surface area contributed by atoms with Gasteiger partial charge in [-0.2, -0.15) is 4.98 Å². The number of hydrogen-bond donors (Lipinski definition) is 1. The number of nitrogens with zero attached hydrogens (tertiary/aromatic N) is 2. The van der Waals surface area contributed by atoms with Crippen molar-refractivity contribution in [3.63, 3.8) is 0 Å². The number of anilines is 2. The van der Waals surface area contributed by atoms with Gasteiger partial charge in [-0.15, -0.1) is 0 Å². The maximum atomic E-state index is 13.7. The first-order valence-corrected chi connectivity index (χ1v) is 9.39. The predicted molar refractivity (Wildman–Crippen MR) is 109 cm³/mol. The topological polar surface area (TPSA) is 56.1 Å². The maximum Gasteiger partial charge on any atom is 0.316 e. The highest BCUT2D eigenvalue weighted by atomic mass is 19.2. The molecule has 3 aromatic rings. The summed E-state index contributed by atoms with van der Waals surface area (Å²) in [5.74, 6) is -3.97. The third kappa shape index (κ3) is 4.32. The molecule has 8 heteroatoms. The van der Waals surface area contributed by atoms with Crippen LogP contribution in [0.5, 0.6) is 5.75 Å². The second-order valence-electron chi connectivity index (χ2n) is 7.01. The van der Waals surface area contributed by atoms with Gasteiger partial charge in [0.05, 0.1) is 19.9 Å². The van der Waals surface area contributed by atoms with Crippen LogP contribution in [0.1, 0.15) is 29.2 Å². The van der Waals surface area contributed by atoms with Gasteiger partial charge in [0.15, 0.2) is 17.5 Å². The van der Waals surface area contributed by atoms with Crippen molar-refractivity contribution in [1.82, 2.24) is 9.55 Å². The van der Waals surface area contributed by atoms with E-state index in [0.29, 0.717) is 0 Å². The Morgan fingerprint density at radius 3 is 2.37 bits per heavy atom. The van der Waals surface area contributed by atoms with Gasteiger partial charge >= 0.3 is 5.56 Å². The number of aromatic nitrogens is 2. The second-order valence-corrected chi connectivity index (χ2v) is 7.01. The highest BCUT2D eigenvalue weighted by Gasteiger charge is 2.15. The Morgan fingerprint density at radius 2 is 1.77 bits per heavy atom. The summed E-state index contributed by atoms with van der Waals surface area (Å²) >= 11 is 0. The molecule has 0 aliphatic heterocycles. The quantitative estimate of drug-likeness (QED) is 0.594. The minimum Gasteiger partial charge on any atom is -0.490 e. The summed E-state index contributed by atoms with van der Waals surface area (Å²) in [5.41, 5.74) is 3.51. The smallest absolute Gasteiger partial charge is 0.316 e. The van der Waals surface area contributed by atoms with Gasteiger partial charge in [0.25, 0.3) is 0 Å². The fourth-order valence-electron chi connectivity index (χ4n) is 3.28. The molecule has 30 heavy (non-hydrogen) atoms. The lowest BCUT2D eigenvalue weighted by Crippen LogP contribution is -2.19. The van der Waals surface area contributed by atoms with Gasteiger partial charge in [-0.05, 0) is 60.7 Å². The third-order valence-corrected chi connectivity index (χ3v) is 4.87. The molecular weight excluding hydrogens is 395 g/mol. The van der Waals surface area contributed by atoms with Crippen molar-refractivity contribution in [1.29, 1.82) is 0 Å². The van der Waals surface area contributed by atoms with E-state index >= 15 is 0 Å². The average Bonchev–Trinajstić information content (AvgIpc) is 2.70. The molecule has 0 radical (unpaired) electrons. The van der Waals surface area contributed by atoms with Crippen LogP contribution in [0.25, 0.3) is 0 Å². The molecule has 0 saturated carbocycles. The lowest BCUT2D eigenvalue weighted by atomic mass is 10.0. The fourth-order valence-corrected chi connectivity index (χ4v) is 3.28. The molecule has 5 nitrogen and oxygen atoms in total. The zero-order valence-corrected chi connectivity index (χ0v) is 17.1. The molecule has 0 bridgehead atoms. The van der Waals surface area contributed by atoms with E-state index in [4.69, 9.17) is 4.74 Å². The van der Waals surface area contributed by atoms with Gasteiger partial charge in [-0.1, -0.05) is 13.0 Å². The fraction of sp³-hybridized carbons (Fsp3) is 0.273. The number of hydrogen-bond acceptors (Lipinski definition) is 4. The molecule has 0 unspecified atom stereocenters. The first-order chi connectivity index (χ1) is 14.2. The molecule has 1 aromatic heterocycles. The van der Waals surface area contributed by atoms with Crippen molar-refractivity contribution in [3.8, 4) is 5.75 Å². The molecule has 0 aliphatic carbocycles. The van der Waals surface area contributed by atoms with E-state index < -0.39 is 23.0 Å². The van der Waals surface area contributed by atoms with Crippen LogP contribution in [-0.2, 0) is 13.0 Å². The van der Waals surface area contributed by atoms with Crippen LogP contribution in [-0.4, -0.2) is 16.7 Å².